The summed E-state index contributed by atoms with van der Waals surface area (Å²) in [7, 11) is 0. The van der Waals surface area contributed by atoms with E-state index in [0.717, 1.165) is 47.2 Å². The second kappa shape index (κ2) is 8.23. The van der Waals surface area contributed by atoms with E-state index < -0.39 is 0 Å². The maximum Gasteiger partial charge on any atom is 0.138 e. The molecule has 1 saturated heterocycles. The highest BCUT2D eigenvalue weighted by molar-refractivity contribution is 8.03. The van der Waals surface area contributed by atoms with Crippen molar-refractivity contribution >= 4 is 46.4 Å². The van der Waals surface area contributed by atoms with E-state index in [1.54, 1.807) is 12.1 Å². The maximum absolute atomic E-state index is 10.7. The first-order chi connectivity index (χ1) is 13.1. The number of benzene rings is 2. The van der Waals surface area contributed by atoms with Crippen molar-refractivity contribution in [2.24, 2.45) is 0 Å². The number of halogens is 2. The molecule has 27 heavy (non-hydrogen) atoms. The van der Waals surface area contributed by atoms with Crippen LogP contribution in [0.25, 0.3) is 5.76 Å². The third-order valence-electron chi connectivity index (χ3n) is 4.65. The molecule has 7 heteroatoms. The van der Waals surface area contributed by atoms with Gasteiger partial charge in [0.2, 0.25) is 0 Å². The van der Waals surface area contributed by atoms with E-state index in [1.807, 2.05) is 24.3 Å². The molecule has 2 aromatic carbocycles. The number of aliphatic hydroxyl groups is 1. The van der Waals surface area contributed by atoms with Gasteiger partial charge in [0.05, 0.1) is 22.0 Å². The molecule has 142 valence electrons. The summed E-state index contributed by atoms with van der Waals surface area (Å²) in [5.74, 6) is 1.08. The quantitative estimate of drug-likeness (QED) is 0.601. The monoisotopic (exact) mass is 422 g/mol. The minimum Gasteiger partial charge on any atom is -0.506 e. The largest absolute Gasteiger partial charge is 0.506 e. The van der Waals surface area contributed by atoms with Crippen LogP contribution in [-0.2, 0) is 0 Å². The Morgan fingerprint density at radius 1 is 1.07 bits per heavy atom. The normalized spacial score (nSPS) is 17.4. The number of anilines is 1. The number of rotatable bonds is 4. The Hall–Kier alpha value is -1.53. The fourth-order valence-electron chi connectivity index (χ4n) is 3.27. The van der Waals surface area contributed by atoms with Gasteiger partial charge in [-0.2, -0.15) is 0 Å². The molecule has 4 rings (SSSR count). The Balaban J connectivity index is 1.48. The minimum absolute atomic E-state index is 0.199. The summed E-state index contributed by atoms with van der Waals surface area (Å²) < 4.78 is 6.04. The third-order valence-corrected chi connectivity index (χ3v) is 6.26. The van der Waals surface area contributed by atoms with Gasteiger partial charge in [-0.05, 0) is 62.3 Å². The molecular formula is C20H20Cl2N2O2S. The standard InChI is InChI=1S/C20H20Cl2N2O2S/c21-12-9-16(22)19-17(10-12)24-11-18(20(19)25)27-15-3-1-13(2-4-15)26-14-5-7-23-8-6-14/h1-4,9-10,14,23-25H,5-8,11H2. The van der Waals surface area contributed by atoms with Gasteiger partial charge in [0.15, 0.2) is 0 Å². The van der Waals surface area contributed by atoms with Crippen molar-refractivity contribution in [2.45, 2.75) is 23.8 Å². The van der Waals surface area contributed by atoms with Crippen LogP contribution in [-0.4, -0.2) is 30.8 Å². The van der Waals surface area contributed by atoms with Crippen molar-refractivity contribution in [1.82, 2.24) is 5.32 Å². The molecule has 0 aliphatic carbocycles. The van der Waals surface area contributed by atoms with Crippen LogP contribution in [0.15, 0.2) is 46.2 Å². The van der Waals surface area contributed by atoms with Crippen molar-refractivity contribution < 1.29 is 9.84 Å². The van der Waals surface area contributed by atoms with Crippen LogP contribution in [0.1, 0.15) is 18.4 Å². The molecule has 0 aromatic heterocycles. The molecule has 4 nitrogen and oxygen atoms in total. The molecule has 0 unspecified atom stereocenters. The number of piperidine rings is 1. The van der Waals surface area contributed by atoms with Crippen LogP contribution in [0.3, 0.4) is 0 Å². The first kappa shape index (κ1) is 18.8. The smallest absolute Gasteiger partial charge is 0.138 e. The van der Waals surface area contributed by atoms with Gasteiger partial charge in [0, 0.05) is 15.6 Å². The zero-order valence-corrected chi connectivity index (χ0v) is 16.9. The van der Waals surface area contributed by atoms with E-state index in [-0.39, 0.29) is 11.9 Å². The summed E-state index contributed by atoms with van der Waals surface area (Å²) in [6.45, 7) is 2.54. The number of fused-ring (bicyclic) bond motifs is 1. The van der Waals surface area contributed by atoms with Gasteiger partial charge >= 0.3 is 0 Å². The summed E-state index contributed by atoms with van der Waals surface area (Å²) in [5, 5.41) is 18.3. The van der Waals surface area contributed by atoms with Gasteiger partial charge in [-0.15, -0.1) is 0 Å². The molecule has 0 spiro atoms. The Labute approximate surface area is 172 Å². The van der Waals surface area contributed by atoms with Gasteiger partial charge in [-0.1, -0.05) is 35.0 Å². The number of hydrogen-bond acceptors (Lipinski definition) is 5. The molecule has 0 saturated carbocycles. The molecule has 3 N–H and O–H groups in total. The second-order valence-electron chi connectivity index (χ2n) is 6.58. The number of thioether (sulfide) groups is 1. The zero-order valence-electron chi connectivity index (χ0n) is 14.6. The van der Waals surface area contributed by atoms with Crippen LogP contribution in [0.2, 0.25) is 10.0 Å². The van der Waals surface area contributed by atoms with Crippen LogP contribution < -0.4 is 15.4 Å². The molecule has 0 amide bonds. The SMILES string of the molecule is OC1=C(Sc2ccc(OC3CCNCC3)cc2)CNc2cc(Cl)cc(Cl)c21. The molecule has 2 aliphatic heterocycles. The van der Waals surface area contributed by atoms with Crippen molar-refractivity contribution in [1.29, 1.82) is 0 Å². The number of nitrogens with one attached hydrogen (secondary N) is 2. The third kappa shape index (κ3) is 4.32. The van der Waals surface area contributed by atoms with Crippen LogP contribution in [0, 0.1) is 0 Å². The lowest BCUT2D eigenvalue weighted by Crippen LogP contribution is -2.34. The molecule has 2 heterocycles. The van der Waals surface area contributed by atoms with E-state index in [1.165, 1.54) is 11.8 Å². The minimum atomic E-state index is 0.199. The predicted octanol–water partition coefficient (Wildman–Crippen LogP) is 5.57. The lowest BCUT2D eigenvalue weighted by atomic mass is 10.1. The van der Waals surface area contributed by atoms with E-state index in [9.17, 15) is 5.11 Å². The van der Waals surface area contributed by atoms with E-state index >= 15 is 0 Å². The summed E-state index contributed by atoms with van der Waals surface area (Å²) >= 11 is 13.8. The van der Waals surface area contributed by atoms with Crippen LogP contribution in [0.4, 0.5) is 5.69 Å². The Morgan fingerprint density at radius 2 is 1.81 bits per heavy atom. The average molecular weight is 423 g/mol. The van der Waals surface area contributed by atoms with Crippen LogP contribution >= 0.6 is 35.0 Å². The Kier molecular flexibility index (Phi) is 5.74. The number of aliphatic hydroxyl groups excluding tert-OH is 1. The van der Waals surface area contributed by atoms with Crippen molar-refractivity contribution in [3.63, 3.8) is 0 Å². The lowest BCUT2D eigenvalue weighted by molar-refractivity contribution is 0.162. The lowest BCUT2D eigenvalue weighted by Gasteiger charge is -2.24. The van der Waals surface area contributed by atoms with E-state index in [0.29, 0.717) is 22.2 Å². The van der Waals surface area contributed by atoms with Gasteiger partial charge in [-0.25, -0.2) is 0 Å². The molecular weight excluding hydrogens is 403 g/mol. The van der Waals surface area contributed by atoms with Gasteiger partial charge in [0.1, 0.15) is 17.6 Å². The average Bonchev–Trinajstić information content (AvgIpc) is 2.66. The first-order valence-electron chi connectivity index (χ1n) is 8.91. The van der Waals surface area contributed by atoms with Gasteiger partial charge in [-0.3, -0.25) is 0 Å². The van der Waals surface area contributed by atoms with Crippen molar-refractivity contribution in [2.75, 3.05) is 25.0 Å². The maximum atomic E-state index is 10.7. The number of ether oxygens (including phenoxy) is 1. The molecule has 0 atom stereocenters. The summed E-state index contributed by atoms with van der Waals surface area (Å²) in [6, 6.07) is 11.4. The zero-order chi connectivity index (χ0) is 18.8. The highest BCUT2D eigenvalue weighted by Crippen LogP contribution is 2.42. The molecule has 1 fully saturated rings. The summed E-state index contributed by atoms with van der Waals surface area (Å²) in [6.07, 6.45) is 2.35. The summed E-state index contributed by atoms with van der Waals surface area (Å²) in [4.78, 5) is 1.85. The van der Waals surface area contributed by atoms with Gasteiger partial charge < -0.3 is 20.5 Å². The number of hydrogen-bond donors (Lipinski definition) is 3. The van der Waals surface area contributed by atoms with Crippen LogP contribution in [0.5, 0.6) is 5.75 Å². The fourth-order valence-corrected chi connectivity index (χ4v) is 4.75. The molecule has 2 aliphatic rings. The predicted molar refractivity (Wildman–Crippen MR) is 113 cm³/mol. The fraction of sp³-hybridized carbons (Fsp3) is 0.300. The molecule has 2 aromatic rings. The molecule has 0 bridgehead atoms. The van der Waals surface area contributed by atoms with Crippen molar-refractivity contribution in [3.05, 3.63) is 56.9 Å². The Bertz CT molecular complexity index is 865. The summed E-state index contributed by atoms with van der Waals surface area (Å²) in [5.41, 5.74) is 1.35. The second-order valence-corrected chi connectivity index (χ2v) is 8.59. The van der Waals surface area contributed by atoms with Crippen molar-refractivity contribution in [3.8, 4) is 5.75 Å². The first-order valence-corrected chi connectivity index (χ1v) is 10.5. The highest BCUT2D eigenvalue weighted by atomic mass is 35.5. The van der Waals surface area contributed by atoms with Gasteiger partial charge in [0.25, 0.3) is 0 Å². The van der Waals surface area contributed by atoms with E-state index in [2.05, 4.69) is 10.6 Å². The topological polar surface area (TPSA) is 53.5 Å². The molecule has 0 radical (unpaired) electrons. The highest BCUT2D eigenvalue weighted by Gasteiger charge is 2.22. The Morgan fingerprint density at radius 3 is 2.56 bits per heavy atom. The van der Waals surface area contributed by atoms with E-state index in [4.69, 9.17) is 27.9 Å².